The summed E-state index contributed by atoms with van der Waals surface area (Å²) in [5, 5.41) is 0. The van der Waals surface area contributed by atoms with Gasteiger partial charge in [-0.25, -0.2) is 9.59 Å². The van der Waals surface area contributed by atoms with E-state index >= 15 is 0 Å². The van der Waals surface area contributed by atoms with Gasteiger partial charge in [0.1, 0.15) is 5.57 Å². The Balaban J connectivity index is 1.54. The maximum absolute atomic E-state index is 12.5. The summed E-state index contributed by atoms with van der Waals surface area (Å²) < 4.78 is 10.7. The van der Waals surface area contributed by atoms with Gasteiger partial charge in [-0.15, -0.1) is 0 Å². The third kappa shape index (κ3) is 1.06. The van der Waals surface area contributed by atoms with Crippen LogP contribution in [-0.2, 0) is 19.1 Å². The number of ether oxygens (including phenoxy) is 2. The van der Waals surface area contributed by atoms with Gasteiger partial charge in [-0.3, -0.25) is 0 Å². The van der Waals surface area contributed by atoms with Crippen LogP contribution in [0.3, 0.4) is 0 Å². The molecule has 7 aliphatic rings. The SMILES string of the molecule is CC1(C)OC(=O)C(=C2[C@H]3[C@@H]4C[C@H]5[C@H]3[C@@H]3[C@H](Br)[C@@H]5[C@H]4[C@@H]23)C(=O)O1. The van der Waals surface area contributed by atoms with Crippen molar-refractivity contribution in [2.75, 3.05) is 0 Å². The topological polar surface area (TPSA) is 52.6 Å². The van der Waals surface area contributed by atoms with Crippen molar-refractivity contribution in [2.45, 2.75) is 30.9 Å². The smallest absolute Gasteiger partial charge is 0.348 e. The number of cyclic esters (lactones) is 2. The predicted octanol–water partition coefficient (Wildman–Crippen LogP) is 2.27. The molecule has 0 N–H and O–H groups in total. The molecule has 6 aliphatic carbocycles. The molecule has 1 aliphatic heterocycles. The number of hydrogen-bond donors (Lipinski definition) is 0. The van der Waals surface area contributed by atoms with E-state index in [0.29, 0.717) is 40.3 Å². The van der Waals surface area contributed by atoms with Gasteiger partial charge in [0.15, 0.2) is 0 Å². The number of hydrogen-bond acceptors (Lipinski definition) is 4. The summed E-state index contributed by atoms with van der Waals surface area (Å²) in [4.78, 5) is 25.6. The van der Waals surface area contributed by atoms with Crippen LogP contribution in [0.4, 0.5) is 0 Å². The minimum Gasteiger partial charge on any atom is -0.419 e. The largest absolute Gasteiger partial charge is 0.419 e. The molecule has 7 rings (SSSR count). The Morgan fingerprint density at radius 3 is 2.23 bits per heavy atom. The van der Waals surface area contributed by atoms with E-state index in [-0.39, 0.29) is 5.57 Å². The molecule has 9 atom stereocenters. The molecule has 0 unspecified atom stereocenters. The van der Waals surface area contributed by atoms with Crippen molar-refractivity contribution >= 4 is 27.9 Å². The average Bonchev–Trinajstić information content (AvgIpc) is 3.10. The van der Waals surface area contributed by atoms with Gasteiger partial charge >= 0.3 is 11.9 Å². The summed E-state index contributed by atoms with van der Waals surface area (Å²) in [6.45, 7) is 3.22. The maximum Gasteiger partial charge on any atom is 0.348 e. The van der Waals surface area contributed by atoms with Gasteiger partial charge in [-0.05, 0) is 59.3 Å². The van der Waals surface area contributed by atoms with E-state index in [1.807, 2.05) is 0 Å². The van der Waals surface area contributed by atoms with Gasteiger partial charge in [-0.2, -0.15) is 0 Å². The van der Waals surface area contributed by atoms with Crippen LogP contribution in [0.1, 0.15) is 20.3 Å². The van der Waals surface area contributed by atoms with Crippen molar-refractivity contribution in [1.82, 2.24) is 0 Å². The molecule has 0 radical (unpaired) electrons. The zero-order valence-electron chi connectivity index (χ0n) is 12.4. The van der Waals surface area contributed by atoms with Gasteiger partial charge < -0.3 is 9.47 Å². The average molecular weight is 365 g/mol. The highest BCUT2D eigenvalue weighted by molar-refractivity contribution is 9.09. The highest BCUT2D eigenvalue weighted by atomic mass is 79.9. The number of halogens is 1. The number of alkyl halides is 1. The quantitative estimate of drug-likeness (QED) is 0.286. The first kappa shape index (κ1) is 12.6. The zero-order valence-corrected chi connectivity index (χ0v) is 14.0. The fourth-order valence-corrected chi connectivity index (χ4v) is 8.92. The first-order chi connectivity index (χ1) is 10.4. The summed E-state index contributed by atoms with van der Waals surface area (Å²) in [7, 11) is 0. The summed E-state index contributed by atoms with van der Waals surface area (Å²) >= 11 is 3.93. The van der Waals surface area contributed by atoms with Gasteiger partial charge in [0.2, 0.25) is 0 Å². The lowest BCUT2D eigenvalue weighted by molar-refractivity contribution is -0.222. The van der Waals surface area contributed by atoms with Gasteiger partial charge in [0.25, 0.3) is 5.79 Å². The second kappa shape index (κ2) is 3.33. The van der Waals surface area contributed by atoms with Crippen LogP contribution in [0.2, 0.25) is 0 Å². The van der Waals surface area contributed by atoms with E-state index < -0.39 is 17.7 Å². The molecule has 7 fully saturated rings. The van der Waals surface area contributed by atoms with Crippen LogP contribution >= 0.6 is 15.9 Å². The van der Waals surface area contributed by atoms with Crippen LogP contribution in [-0.4, -0.2) is 22.6 Å². The second-order valence-electron chi connectivity index (χ2n) is 8.38. The summed E-state index contributed by atoms with van der Waals surface area (Å²) in [6.07, 6.45) is 1.30. The van der Waals surface area contributed by atoms with E-state index in [1.165, 1.54) is 6.42 Å². The summed E-state index contributed by atoms with van der Waals surface area (Å²) in [6, 6.07) is 0. The summed E-state index contributed by atoms with van der Waals surface area (Å²) in [5.74, 6) is 3.08. The third-order valence-electron chi connectivity index (χ3n) is 7.45. The van der Waals surface area contributed by atoms with E-state index in [4.69, 9.17) is 9.47 Å². The van der Waals surface area contributed by atoms with Crippen LogP contribution in [0.15, 0.2) is 11.1 Å². The normalized spacial score (nSPS) is 58.2. The number of rotatable bonds is 0. The third-order valence-corrected chi connectivity index (χ3v) is 8.67. The molecule has 0 aromatic rings. The van der Waals surface area contributed by atoms with Crippen molar-refractivity contribution in [3.05, 3.63) is 11.1 Å². The van der Waals surface area contributed by atoms with Crippen molar-refractivity contribution in [3.63, 3.8) is 0 Å². The molecular weight excluding hydrogens is 348 g/mol. The van der Waals surface area contributed by atoms with Gasteiger partial charge in [0, 0.05) is 18.7 Å². The molecule has 4 nitrogen and oxygen atoms in total. The molecule has 0 aromatic carbocycles. The van der Waals surface area contributed by atoms with E-state index in [2.05, 4.69) is 15.9 Å². The second-order valence-corrected chi connectivity index (χ2v) is 9.44. The minimum absolute atomic E-state index is 0.247. The lowest BCUT2D eigenvalue weighted by Gasteiger charge is -2.32. The van der Waals surface area contributed by atoms with Crippen molar-refractivity contribution in [3.8, 4) is 0 Å². The molecule has 0 spiro atoms. The minimum atomic E-state index is -1.14. The Hall–Kier alpha value is -0.840. The molecule has 6 saturated carbocycles. The van der Waals surface area contributed by atoms with E-state index in [0.717, 1.165) is 17.4 Å². The molecule has 6 bridgehead atoms. The van der Waals surface area contributed by atoms with Crippen LogP contribution in [0.5, 0.6) is 0 Å². The Morgan fingerprint density at radius 2 is 1.59 bits per heavy atom. The fourth-order valence-electron chi connectivity index (χ4n) is 7.49. The monoisotopic (exact) mass is 364 g/mol. The van der Waals surface area contributed by atoms with Gasteiger partial charge in [-0.1, -0.05) is 15.9 Å². The molecule has 1 heterocycles. The van der Waals surface area contributed by atoms with Crippen molar-refractivity contribution in [1.29, 1.82) is 0 Å². The lowest BCUT2D eigenvalue weighted by atomic mass is 9.71. The van der Waals surface area contributed by atoms with Crippen molar-refractivity contribution < 1.29 is 19.1 Å². The van der Waals surface area contributed by atoms with Crippen LogP contribution in [0, 0.1) is 47.3 Å². The predicted molar refractivity (Wildman–Crippen MR) is 78.5 cm³/mol. The Labute approximate surface area is 136 Å². The Bertz CT molecular complexity index is 671. The number of carbonyl (C=O) groups excluding carboxylic acids is 2. The van der Waals surface area contributed by atoms with Crippen LogP contribution < -0.4 is 0 Å². The number of carbonyl (C=O) groups is 2. The molecule has 0 aromatic heterocycles. The maximum atomic E-state index is 12.5. The highest BCUT2D eigenvalue weighted by Crippen LogP contribution is 2.85. The van der Waals surface area contributed by atoms with Gasteiger partial charge in [0.05, 0.1) is 0 Å². The molecular formula is C17H17BrO4. The number of allylic oxidation sites excluding steroid dienone is 1. The molecule has 1 saturated heterocycles. The standard InChI is InChI=1S/C17H17BrO4/c1-17(2)21-15(19)13(16(20)22-17)11-6-4-3-5-7(6)12-10(11)8(4)9(5)14(12)18/h4-10,12,14H,3H2,1-2H3/t4-,5-,6-,7+,8-,9-,10-,12-,14+/m0/s1. The fraction of sp³-hybridized carbons (Fsp3) is 0.765. The van der Waals surface area contributed by atoms with Crippen molar-refractivity contribution in [2.24, 2.45) is 47.3 Å². The van der Waals surface area contributed by atoms with E-state index in [9.17, 15) is 9.59 Å². The first-order valence-electron chi connectivity index (χ1n) is 8.25. The molecule has 116 valence electrons. The molecule has 5 heteroatoms. The summed E-state index contributed by atoms with van der Waals surface area (Å²) in [5.41, 5.74) is 1.36. The lowest BCUT2D eigenvalue weighted by Crippen LogP contribution is -2.42. The highest BCUT2D eigenvalue weighted by Gasteiger charge is 2.82. The molecule has 0 amide bonds. The van der Waals surface area contributed by atoms with E-state index in [1.54, 1.807) is 13.8 Å². The molecule has 22 heavy (non-hydrogen) atoms. The Morgan fingerprint density at radius 1 is 0.955 bits per heavy atom. The Kier molecular flexibility index (Phi) is 1.90. The zero-order chi connectivity index (χ0) is 15.1. The first-order valence-corrected chi connectivity index (χ1v) is 9.17. The van der Waals surface area contributed by atoms with Crippen LogP contribution in [0.25, 0.3) is 0 Å². The number of esters is 2.